The zero-order chi connectivity index (χ0) is 20.7. The second-order valence-corrected chi connectivity index (χ2v) is 6.12. The summed E-state index contributed by atoms with van der Waals surface area (Å²) in [6.45, 7) is 1.16. The number of amides is 2. The van der Waals surface area contributed by atoms with Crippen LogP contribution in [0.15, 0.2) is 54.6 Å². The molecule has 0 heterocycles. The number of hydrogen-bond acceptors (Lipinski definition) is 4. The van der Waals surface area contributed by atoms with E-state index in [9.17, 15) is 24.6 Å². The lowest BCUT2D eigenvalue weighted by Crippen LogP contribution is -2.52. The molecular formula is C20H22N2O5. The average molecular weight is 371 g/mol. The van der Waals surface area contributed by atoms with E-state index in [0.29, 0.717) is 10.9 Å². The van der Waals surface area contributed by atoms with Gasteiger partial charge in [0.25, 0.3) is 0 Å². The number of phenolic OH excluding ortho intramolecular Hbond substituents is 1. The van der Waals surface area contributed by atoms with E-state index in [1.807, 2.05) is 0 Å². The van der Waals surface area contributed by atoms with Crippen LogP contribution in [0.5, 0.6) is 5.75 Å². The van der Waals surface area contributed by atoms with Gasteiger partial charge < -0.3 is 20.8 Å². The molecule has 0 radical (unpaired) electrons. The minimum Gasteiger partial charge on any atom is -0.508 e. The van der Waals surface area contributed by atoms with Gasteiger partial charge in [0.1, 0.15) is 17.8 Å². The van der Waals surface area contributed by atoms with Crippen LogP contribution in [0.3, 0.4) is 0 Å². The molecule has 2 aromatic carbocycles. The fraction of sp³-hybridized carbons (Fsp3) is 0.250. The van der Waals surface area contributed by atoms with Crippen LogP contribution in [0.1, 0.15) is 18.1 Å². The third-order valence-corrected chi connectivity index (χ3v) is 3.90. The molecule has 2 atom stereocenters. The number of carboxylic acid groups (broad SMARTS) is 1. The van der Waals surface area contributed by atoms with E-state index in [1.165, 1.54) is 12.1 Å². The topological polar surface area (TPSA) is 116 Å². The Labute approximate surface area is 158 Å². The number of nitrogens with one attached hydrogen (secondary N) is 2. The zero-order valence-corrected chi connectivity index (χ0v) is 14.8. The van der Waals surface area contributed by atoms with Crippen molar-refractivity contribution in [3.63, 3.8) is 0 Å². The first kappa shape index (κ1) is 18.4. The molecule has 27 heavy (non-hydrogen) atoms. The van der Waals surface area contributed by atoms with Crippen LogP contribution >= 0.6 is 0 Å². The van der Waals surface area contributed by atoms with E-state index < -0.39 is 29.9 Å². The summed E-state index contributed by atoms with van der Waals surface area (Å²) in [6.07, 6.45) is 0.0821. The molecule has 0 aliphatic carbocycles. The van der Waals surface area contributed by atoms with Crippen molar-refractivity contribution < 1.29 is 26.0 Å². The summed E-state index contributed by atoms with van der Waals surface area (Å²) in [5.74, 6) is -2.54. The molecule has 0 saturated heterocycles. The lowest BCUT2D eigenvalue weighted by molar-refractivity contribution is -0.142. The molecule has 2 amide bonds. The minimum absolute atomic E-state index is 0.00681. The summed E-state index contributed by atoms with van der Waals surface area (Å²) < 4.78 is 7.90. The van der Waals surface area contributed by atoms with Crippen LogP contribution in [0.4, 0.5) is 0 Å². The molecule has 2 aromatic rings. The molecule has 7 nitrogen and oxygen atoms in total. The third kappa shape index (κ3) is 6.47. The highest BCUT2D eigenvalue weighted by atomic mass is 16.4. The van der Waals surface area contributed by atoms with Crippen molar-refractivity contribution in [3.8, 4) is 5.75 Å². The first-order chi connectivity index (χ1) is 13.3. The Morgan fingerprint density at radius 3 is 2.07 bits per heavy atom. The Morgan fingerprint density at radius 1 is 0.963 bits per heavy atom. The summed E-state index contributed by atoms with van der Waals surface area (Å²) in [6, 6.07) is 12.4. The van der Waals surface area contributed by atoms with Gasteiger partial charge in [-0.15, -0.1) is 0 Å². The van der Waals surface area contributed by atoms with Gasteiger partial charge in [-0.3, -0.25) is 9.59 Å². The molecule has 0 fully saturated rings. The van der Waals surface area contributed by atoms with E-state index in [2.05, 4.69) is 5.32 Å². The number of carbonyl (C=O) groups excluding carboxylic acids is 2. The lowest BCUT2D eigenvalue weighted by Gasteiger charge is -2.21. The summed E-state index contributed by atoms with van der Waals surface area (Å²) in [5.41, 5.74) is 1.35. The lowest BCUT2D eigenvalue weighted by atomic mass is 10.0. The van der Waals surface area contributed by atoms with Crippen LogP contribution in [0, 0.1) is 0 Å². The molecule has 0 bridgehead atoms. The number of aliphatic carboxylic acids is 1. The zero-order valence-electron chi connectivity index (χ0n) is 15.8. The van der Waals surface area contributed by atoms with Gasteiger partial charge in [-0.2, -0.15) is 0 Å². The van der Waals surface area contributed by atoms with Gasteiger partial charge in [-0.1, -0.05) is 42.5 Å². The molecule has 0 unspecified atom stereocenters. The van der Waals surface area contributed by atoms with Gasteiger partial charge in [-0.25, -0.2) is 4.79 Å². The molecule has 2 rings (SSSR count). The van der Waals surface area contributed by atoms with Crippen molar-refractivity contribution in [2.75, 3.05) is 0 Å². The summed E-state index contributed by atoms with van der Waals surface area (Å²) in [7, 11) is 0. The number of benzene rings is 2. The van der Waals surface area contributed by atoms with Crippen LogP contribution in [-0.2, 0) is 27.2 Å². The molecule has 142 valence electrons. The number of aromatic hydroxyl groups is 1. The van der Waals surface area contributed by atoms with Crippen molar-refractivity contribution in [2.45, 2.75) is 31.8 Å². The van der Waals surface area contributed by atoms with E-state index in [0.717, 1.165) is 12.5 Å². The van der Waals surface area contributed by atoms with Gasteiger partial charge in [-0.05, 0) is 23.3 Å². The molecule has 0 saturated carbocycles. The minimum atomic E-state index is -1.21. The second-order valence-electron chi connectivity index (χ2n) is 6.12. The smallest absolute Gasteiger partial charge is 0.326 e. The monoisotopic (exact) mass is 371 g/mol. The normalized spacial score (nSPS) is 13.1. The Balaban J connectivity index is 2.18. The van der Waals surface area contributed by atoms with E-state index in [4.69, 9.17) is 1.41 Å². The van der Waals surface area contributed by atoms with Gasteiger partial charge >= 0.3 is 5.97 Å². The van der Waals surface area contributed by atoms with Crippen molar-refractivity contribution in [1.82, 2.24) is 10.6 Å². The van der Waals surface area contributed by atoms with Crippen molar-refractivity contribution in [1.29, 1.82) is 0 Å². The van der Waals surface area contributed by atoms with Crippen LogP contribution in [0.25, 0.3) is 0 Å². The van der Waals surface area contributed by atoms with Gasteiger partial charge in [0.15, 0.2) is 1.41 Å². The fourth-order valence-electron chi connectivity index (χ4n) is 2.59. The first-order valence-corrected chi connectivity index (χ1v) is 8.41. The molecule has 0 spiro atoms. The quantitative estimate of drug-likeness (QED) is 0.557. The highest BCUT2D eigenvalue weighted by molar-refractivity contribution is 5.90. The Kier molecular flexibility index (Phi) is 6.40. The molecular weight excluding hydrogens is 348 g/mol. The van der Waals surface area contributed by atoms with Crippen LogP contribution < -0.4 is 10.6 Å². The van der Waals surface area contributed by atoms with Crippen LogP contribution in [-0.4, -0.2) is 40.1 Å². The maximum absolute atomic E-state index is 12.7. The Bertz CT molecular complexity index is 826. The largest absolute Gasteiger partial charge is 0.508 e. The Morgan fingerprint density at radius 2 is 1.52 bits per heavy atom. The Hall–Kier alpha value is -3.35. The summed E-state index contributed by atoms with van der Waals surface area (Å²) in [4.78, 5) is 36.0. The highest BCUT2D eigenvalue weighted by Crippen LogP contribution is 2.12. The van der Waals surface area contributed by atoms with E-state index >= 15 is 0 Å². The van der Waals surface area contributed by atoms with Gasteiger partial charge in [0.2, 0.25) is 11.8 Å². The number of phenols is 1. The predicted octanol–water partition coefficient (Wildman–Crippen LogP) is 1.25. The van der Waals surface area contributed by atoms with E-state index in [-0.39, 0.29) is 18.6 Å². The fourth-order valence-corrected chi connectivity index (χ4v) is 2.59. The molecule has 0 aliphatic rings. The molecule has 0 aliphatic heterocycles. The van der Waals surface area contributed by atoms with Gasteiger partial charge in [0.05, 0.1) is 0 Å². The average Bonchev–Trinajstić information content (AvgIpc) is 2.67. The number of carbonyl (C=O) groups is 3. The van der Waals surface area contributed by atoms with Gasteiger partial charge in [0, 0.05) is 19.8 Å². The SMILES string of the molecule is [2H]N(C(C)=O)[C@@H](Cc1ccc(O)cc1)C(=O)N[C@@H](Cc1ccccc1)C(=O)O. The highest BCUT2D eigenvalue weighted by Gasteiger charge is 2.26. The number of carboxylic acids is 1. The summed E-state index contributed by atoms with van der Waals surface area (Å²) >= 11 is 0. The van der Waals surface area contributed by atoms with Crippen molar-refractivity contribution in [2.24, 2.45) is 0 Å². The first-order valence-electron chi connectivity index (χ1n) is 8.86. The molecule has 4 N–H and O–H groups in total. The predicted molar refractivity (Wildman–Crippen MR) is 99.1 cm³/mol. The van der Waals surface area contributed by atoms with Crippen molar-refractivity contribution >= 4 is 17.8 Å². The summed E-state index contributed by atoms with van der Waals surface area (Å²) in [5, 5.41) is 21.8. The molecule has 0 aromatic heterocycles. The number of hydrogen-bond donors (Lipinski definition) is 4. The maximum Gasteiger partial charge on any atom is 0.326 e. The standard InChI is InChI=1S/C20H22N2O5/c1-13(23)21-17(11-15-7-9-16(24)10-8-15)19(25)22-18(20(26)27)12-14-5-3-2-4-6-14/h2-10,17-18,24H,11-12H2,1H3,(H,21,23)(H,22,25)(H,26,27)/t17-,18-/m0/s1/i/hD. The van der Waals surface area contributed by atoms with Crippen LogP contribution in [0.2, 0.25) is 1.41 Å². The second kappa shape index (κ2) is 9.38. The maximum atomic E-state index is 12.7. The number of rotatable bonds is 8. The van der Waals surface area contributed by atoms with E-state index in [1.54, 1.807) is 42.5 Å². The third-order valence-electron chi connectivity index (χ3n) is 3.90. The van der Waals surface area contributed by atoms with Crippen molar-refractivity contribution in [3.05, 3.63) is 65.7 Å². The molecule has 7 heteroatoms.